The molecule has 0 heterocycles. The smallest absolute Gasteiger partial charge is 0.0269 e. The molecule has 2 saturated carbocycles. The fourth-order valence-corrected chi connectivity index (χ4v) is 4.00. The third-order valence-corrected chi connectivity index (χ3v) is 4.88. The Morgan fingerprint density at radius 1 is 1.15 bits per heavy atom. The Labute approximate surface area is 83.1 Å². The van der Waals surface area contributed by atoms with Gasteiger partial charge in [-0.15, -0.1) is 0 Å². The van der Waals surface area contributed by atoms with Crippen molar-refractivity contribution < 1.29 is 0 Å². The molecule has 0 nitrogen and oxygen atoms in total. The largest absolute Gasteiger partial charge is 0.0654 e. The van der Waals surface area contributed by atoms with Crippen LogP contribution in [0.2, 0.25) is 0 Å². The van der Waals surface area contributed by atoms with E-state index < -0.39 is 0 Å². The fraction of sp³-hybridized carbons (Fsp3) is 1.00. The lowest BCUT2D eigenvalue weighted by Crippen LogP contribution is -2.31. The van der Waals surface area contributed by atoms with Crippen molar-refractivity contribution in [2.24, 2.45) is 17.3 Å². The molecule has 0 aromatic heterocycles. The van der Waals surface area contributed by atoms with E-state index in [1.165, 1.54) is 44.9 Å². The van der Waals surface area contributed by atoms with E-state index in [1.54, 1.807) is 6.42 Å². The second kappa shape index (κ2) is 3.63. The summed E-state index contributed by atoms with van der Waals surface area (Å²) >= 11 is 0. The van der Waals surface area contributed by atoms with Crippen LogP contribution in [0.5, 0.6) is 0 Å². The van der Waals surface area contributed by atoms with Crippen molar-refractivity contribution in [3.05, 3.63) is 0 Å². The molecule has 76 valence electrons. The fourth-order valence-electron chi connectivity index (χ4n) is 4.00. The highest BCUT2D eigenvalue weighted by atomic mass is 14.5. The summed E-state index contributed by atoms with van der Waals surface area (Å²) in [5.41, 5.74) is 0.758. The molecule has 3 atom stereocenters. The number of fused-ring (bicyclic) bond motifs is 1. The Morgan fingerprint density at radius 2 is 2.00 bits per heavy atom. The van der Waals surface area contributed by atoms with E-state index in [9.17, 15) is 0 Å². The number of rotatable bonds is 2. The van der Waals surface area contributed by atoms with E-state index >= 15 is 0 Å². The van der Waals surface area contributed by atoms with Crippen LogP contribution in [0.15, 0.2) is 0 Å². The first-order valence-electron chi connectivity index (χ1n) is 6.27. The molecule has 0 heteroatoms. The van der Waals surface area contributed by atoms with Crippen molar-refractivity contribution in [2.45, 2.75) is 65.2 Å². The minimum atomic E-state index is 0.758. The lowest BCUT2D eigenvalue weighted by molar-refractivity contribution is 0.0944. The van der Waals surface area contributed by atoms with Crippen LogP contribution in [-0.2, 0) is 0 Å². The Kier molecular flexibility index (Phi) is 2.67. The van der Waals surface area contributed by atoms with Crippen LogP contribution < -0.4 is 0 Å². The van der Waals surface area contributed by atoms with Crippen molar-refractivity contribution in [2.75, 3.05) is 0 Å². The van der Waals surface area contributed by atoms with Gasteiger partial charge in [0.05, 0.1) is 0 Å². The van der Waals surface area contributed by atoms with E-state index in [1.807, 2.05) is 0 Å². The zero-order valence-electron chi connectivity index (χ0n) is 9.31. The van der Waals surface area contributed by atoms with Gasteiger partial charge in [-0.1, -0.05) is 39.5 Å². The van der Waals surface area contributed by atoms with E-state index in [-0.39, 0.29) is 0 Å². The highest BCUT2D eigenvalue weighted by molar-refractivity contribution is 4.96. The maximum Gasteiger partial charge on any atom is -0.0269 e. The van der Waals surface area contributed by atoms with Crippen molar-refractivity contribution in [3.8, 4) is 0 Å². The third-order valence-electron chi connectivity index (χ3n) is 4.88. The molecule has 2 fully saturated rings. The lowest BCUT2D eigenvalue weighted by Gasteiger charge is -2.41. The highest BCUT2D eigenvalue weighted by Gasteiger charge is 2.46. The van der Waals surface area contributed by atoms with Gasteiger partial charge in [0, 0.05) is 0 Å². The molecule has 0 N–H and O–H groups in total. The van der Waals surface area contributed by atoms with E-state index in [2.05, 4.69) is 13.8 Å². The molecular weight excluding hydrogens is 156 g/mol. The summed E-state index contributed by atoms with van der Waals surface area (Å²) in [5.74, 6) is 2.17. The molecule has 0 bridgehead atoms. The van der Waals surface area contributed by atoms with Crippen LogP contribution in [0.4, 0.5) is 0 Å². The summed E-state index contributed by atoms with van der Waals surface area (Å²) in [7, 11) is 0. The molecule has 3 unspecified atom stereocenters. The monoisotopic (exact) mass is 180 g/mol. The SMILES string of the molecule is CCCC1CCC2CCCCC12C. The van der Waals surface area contributed by atoms with Gasteiger partial charge in [0.25, 0.3) is 0 Å². The predicted octanol–water partition coefficient (Wildman–Crippen LogP) is 4.39. The Bertz CT molecular complexity index is 173. The van der Waals surface area contributed by atoms with Gasteiger partial charge >= 0.3 is 0 Å². The van der Waals surface area contributed by atoms with Gasteiger partial charge in [-0.3, -0.25) is 0 Å². The average Bonchev–Trinajstić information content (AvgIpc) is 2.45. The molecule has 2 rings (SSSR count). The predicted molar refractivity (Wildman–Crippen MR) is 57.7 cm³/mol. The van der Waals surface area contributed by atoms with Crippen molar-refractivity contribution in [1.82, 2.24) is 0 Å². The molecule has 0 amide bonds. The quantitative estimate of drug-likeness (QED) is 0.591. The summed E-state index contributed by atoms with van der Waals surface area (Å²) in [4.78, 5) is 0. The second-order valence-corrected chi connectivity index (χ2v) is 5.51. The molecule has 0 aromatic carbocycles. The van der Waals surface area contributed by atoms with Crippen LogP contribution in [0, 0.1) is 17.3 Å². The first kappa shape index (κ1) is 9.55. The number of hydrogen-bond donors (Lipinski definition) is 0. The summed E-state index contributed by atoms with van der Waals surface area (Å²) in [6, 6.07) is 0. The van der Waals surface area contributed by atoms with Crippen LogP contribution in [0.25, 0.3) is 0 Å². The summed E-state index contributed by atoms with van der Waals surface area (Å²) in [6.45, 7) is 4.93. The van der Waals surface area contributed by atoms with Crippen molar-refractivity contribution >= 4 is 0 Å². The minimum Gasteiger partial charge on any atom is -0.0654 e. The summed E-state index contributed by atoms with van der Waals surface area (Å²) in [6.07, 6.45) is 12.1. The molecule has 0 radical (unpaired) electrons. The first-order chi connectivity index (χ1) is 6.27. The van der Waals surface area contributed by atoms with Gasteiger partial charge in [0.2, 0.25) is 0 Å². The minimum absolute atomic E-state index is 0.758. The summed E-state index contributed by atoms with van der Waals surface area (Å²) < 4.78 is 0. The third kappa shape index (κ3) is 1.53. The summed E-state index contributed by atoms with van der Waals surface area (Å²) in [5, 5.41) is 0. The van der Waals surface area contributed by atoms with E-state index in [0.717, 1.165) is 17.3 Å². The van der Waals surface area contributed by atoms with Gasteiger partial charge in [0.1, 0.15) is 0 Å². The maximum absolute atomic E-state index is 2.59. The zero-order valence-corrected chi connectivity index (χ0v) is 9.31. The molecule has 0 saturated heterocycles. The first-order valence-corrected chi connectivity index (χ1v) is 6.27. The molecule has 0 aliphatic heterocycles. The average molecular weight is 180 g/mol. The molecule has 0 spiro atoms. The normalized spacial score (nSPS) is 44.8. The molecule has 0 aromatic rings. The van der Waals surface area contributed by atoms with Crippen LogP contribution in [0.3, 0.4) is 0 Å². The molecule has 13 heavy (non-hydrogen) atoms. The highest BCUT2D eigenvalue weighted by Crippen LogP contribution is 2.56. The van der Waals surface area contributed by atoms with Crippen LogP contribution >= 0.6 is 0 Å². The Morgan fingerprint density at radius 3 is 2.77 bits per heavy atom. The zero-order chi connectivity index (χ0) is 9.31. The standard InChI is InChI=1S/C13H24/c1-3-6-11-8-9-12-7-4-5-10-13(11,12)2/h11-12H,3-10H2,1-2H3. The molecule has 2 aliphatic rings. The second-order valence-electron chi connectivity index (χ2n) is 5.51. The maximum atomic E-state index is 2.59. The van der Waals surface area contributed by atoms with Crippen molar-refractivity contribution in [1.29, 1.82) is 0 Å². The van der Waals surface area contributed by atoms with Gasteiger partial charge in [-0.25, -0.2) is 0 Å². The van der Waals surface area contributed by atoms with E-state index in [0.29, 0.717) is 0 Å². The Balaban J connectivity index is 2.07. The van der Waals surface area contributed by atoms with Crippen LogP contribution in [0.1, 0.15) is 65.2 Å². The van der Waals surface area contributed by atoms with Crippen molar-refractivity contribution in [3.63, 3.8) is 0 Å². The molecule has 2 aliphatic carbocycles. The van der Waals surface area contributed by atoms with E-state index in [4.69, 9.17) is 0 Å². The van der Waals surface area contributed by atoms with Gasteiger partial charge in [-0.2, -0.15) is 0 Å². The Hall–Kier alpha value is 0. The van der Waals surface area contributed by atoms with Gasteiger partial charge in [-0.05, 0) is 42.9 Å². The van der Waals surface area contributed by atoms with Gasteiger partial charge < -0.3 is 0 Å². The van der Waals surface area contributed by atoms with Gasteiger partial charge in [0.15, 0.2) is 0 Å². The topological polar surface area (TPSA) is 0 Å². The van der Waals surface area contributed by atoms with Crippen LogP contribution in [-0.4, -0.2) is 0 Å². The lowest BCUT2D eigenvalue weighted by atomic mass is 9.65. The molecular formula is C13H24. The number of hydrogen-bond acceptors (Lipinski definition) is 0.